The molecule has 0 atom stereocenters. The molecule has 0 fully saturated rings. The summed E-state index contributed by atoms with van der Waals surface area (Å²) in [5.74, 6) is 0.465. The lowest BCUT2D eigenvalue weighted by Crippen LogP contribution is -2.34. The molecule has 0 heterocycles. The van der Waals surface area contributed by atoms with Crippen LogP contribution >= 0.6 is 11.9 Å². The van der Waals surface area contributed by atoms with Crippen molar-refractivity contribution in [3.8, 4) is 0 Å². The summed E-state index contributed by atoms with van der Waals surface area (Å²) in [6, 6.07) is 0. The lowest BCUT2D eigenvalue weighted by molar-refractivity contribution is -0.120. The minimum absolute atomic E-state index is 0.0917. The van der Waals surface area contributed by atoms with E-state index in [1.165, 1.54) is 11.9 Å². The number of aliphatic hydroxyl groups is 1. The Balaban J connectivity index is 3.08. The molecule has 0 bridgehead atoms. The molecule has 0 spiro atoms. The van der Waals surface area contributed by atoms with Crippen LogP contribution in [-0.2, 0) is 23.7 Å². The lowest BCUT2D eigenvalue weighted by atomic mass is 10.5. The average molecular weight is 340 g/mol. The second-order valence-electron chi connectivity index (χ2n) is 4.07. The summed E-state index contributed by atoms with van der Waals surface area (Å²) >= 11 is 1.32. The standard InChI is InChI=1S/C13H28N2O6S/c1-18-5-6-20-9-10-21-8-7-19-4-2-14-13(17)12-15-22-11-3-16/h15-16H,2-12H2,1H3,(H,14,17). The Morgan fingerprint density at radius 1 is 1.00 bits per heavy atom. The van der Waals surface area contributed by atoms with Gasteiger partial charge in [0.2, 0.25) is 5.91 Å². The van der Waals surface area contributed by atoms with Crippen molar-refractivity contribution in [2.24, 2.45) is 0 Å². The molecule has 0 aliphatic rings. The molecule has 0 saturated heterocycles. The molecule has 3 N–H and O–H groups in total. The van der Waals surface area contributed by atoms with Crippen LogP contribution < -0.4 is 10.0 Å². The number of hydrogen-bond donors (Lipinski definition) is 3. The Morgan fingerprint density at radius 3 is 2.18 bits per heavy atom. The summed E-state index contributed by atoms with van der Waals surface area (Å²) in [6.45, 7) is 4.44. The molecule has 22 heavy (non-hydrogen) atoms. The first-order valence-corrected chi connectivity index (χ1v) is 8.24. The SMILES string of the molecule is COCCOCCOCCOCCNC(=O)CNSCCO. The second kappa shape index (κ2) is 18.6. The van der Waals surface area contributed by atoms with E-state index in [1.807, 2.05) is 0 Å². The van der Waals surface area contributed by atoms with Gasteiger partial charge in [0.15, 0.2) is 0 Å². The highest BCUT2D eigenvalue weighted by atomic mass is 32.2. The third-order valence-electron chi connectivity index (χ3n) is 2.27. The van der Waals surface area contributed by atoms with Crippen molar-refractivity contribution in [1.82, 2.24) is 10.0 Å². The summed E-state index contributed by atoms with van der Waals surface area (Å²) in [4.78, 5) is 11.3. The summed E-state index contributed by atoms with van der Waals surface area (Å²) in [5, 5.41) is 11.3. The predicted molar refractivity (Wildman–Crippen MR) is 84.9 cm³/mol. The van der Waals surface area contributed by atoms with Gasteiger partial charge in [-0.1, -0.05) is 11.9 Å². The van der Waals surface area contributed by atoms with Crippen LogP contribution in [0.25, 0.3) is 0 Å². The quantitative estimate of drug-likeness (QED) is 0.230. The van der Waals surface area contributed by atoms with Gasteiger partial charge in [-0.2, -0.15) is 0 Å². The predicted octanol–water partition coefficient (Wildman–Crippen LogP) is -0.971. The number of carbonyl (C=O) groups is 1. The van der Waals surface area contributed by atoms with Crippen LogP contribution in [0.15, 0.2) is 0 Å². The Kier molecular flexibility index (Phi) is 18.3. The number of aliphatic hydroxyl groups excluding tert-OH is 1. The summed E-state index contributed by atoms with van der Waals surface area (Å²) in [6.07, 6.45) is 0. The zero-order chi connectivity index (χ0) is 16.3. The topological polar surface area (TPSA) is 98.3 Å². The molecular formula is C13H28N2O6S. The zero-order valence-electron chi connectivity index (χ0n) is 13.2. The number of hydrogen-bond acceptors (Lipinski definition) is 8. The minimum Gasteiger partial charge on any atom is -0.395 e. The van der Waals surface area contributed by atoms with Crippen molar-refractivity contribution in [3.63, 3.8) is 0 Å². The lowest BCUT2D eigenvalue weighted by Gasteiger charge is -2.08. The summed E-state index contributed by atoms with van der Waals surface area (Å²) in [5.41, 5.74) is 0. The van der Waals surface area contributed by atoms with Gasteiger partial charge >= 0.3 is 0 Å². The maximum atomic E-state index is 11.3. The molecule has 132 valence electrons. The monoisotopic (exact) mass is 340 g/mol. The van der Waals surface area contributed by atoms with Gasteiger partial charge in [-0.05, 0) is 0 Å². The van der Waals surface area contributed by atoms with Crippen LogP contribution in [0, 0.1) is 0 Å². The van der Waals surface area contributed by atoms with Gasteiger partial charge in [-0.25, -0.2) is 0 Å². The molecule has 0 aliphatic heterocycles. The first-order valence-electron chi connectivity index (χ1n) is 7.25. The van der Waals surface area contributed by atoms with E-state index < -0.39 is 0 Å². The Labute approximate surface area is 136 Å². The van der Waals surface area contributed by atoms with Gasteiger partial charge in [0, 0.05) is 19.4 Å². The number of amides is 1. The highest BCUT2D eigenvalue weighted by Gasteiger charge is 1.99. The molecule has 1 amide bonds. The number of carbonyl (C=O) groups excluding carboxylic acids is 1. The van der Waals surface area contributed by atoms with Crippen molar-refractivity contribution in [3.05, 3.63) is 0 Å². The molecule has 0 aromatic rings. The average Bonchev–Trinajstić information content (AvgIpc) is 2.52. The highest BCUT2D eigenvalue weighted by Crippen LogP contribution is 1.88. The van der Waals surface area contributed by atoms with E-state index in [2.05, 4.69) is 10.0 Å². The number of methoxy groups -OCH3 is 1. The Morgan fingerprint density at radius 2 is 1.59 bits per heavy atom. The van der Waals surface area contributed by atoms with Crippen molar-refractivity contribution < 1.29 is 28.8 Å². The van der Waals surface area contributed by atoms with Crippen molar-refractivity contribution in [1.29, 1.82) is 0 Å². The number of nitrogens with one attached hydrogen (secondary N) is 2. The maximum absolute atomic E-state index is 11.3. The minimum atomic E-state index is -0.0986. The van der Waals surface area contributed by atoms with Crippen molar-refractivity contribution >= 4 is 17.9 Å². The van der Waals surface area contributed by atoms with Gasteiger partial charge in [0.05, 0.1) is 59.4 Å². The molecule has 0 aromatic heterocycles. The molecule has 8 nitrogen and oxygen atoms in total. The van der Waals surface area contributed by atoms with E-state index in [0.29, 0.717) is 58.5 Å². The van der Waals surface area contributed by atoms with Crippen molar-refractivity contribution in [2.75, 3.05) is 78.8 Å². The highest BCUT2D eigenvalue weighted by molar-refractivity contribution is 7.97. The van der Waals surface area contributed by atoms with Crippen molar-refractivity contribution in [2.45, 2.75) is 0 Å². The second-order valence-corrected chi connectivity index (χ2v) is 5.06. The first kappa shape index (κ1) is 21.6. The maximum Gasteiger partial charge on any atom is 0.234 e. The van der Waals surface area contributed by atoms with Gasteiger partial charge in [-0.15, -0.1) is 0 Å². The molecule has 0 saturated carbocycles. The van der Waals surface area contributed by atoms with Gasteiger partial charge in [-0.3, -0.25) is 9.52 Å². The van der Waals surface area contributed by atoms with Crippen LogP contribution in [0.4, 0.5) is 0 Å². The van der Waals surface area contributed by atoms with E-state index in [-0.39, 0.29) is 19.1 Å². The first-order chi connectivity index (χ1) is 10.8. The number of rotatable bonds is 17. The third-order valence-corrected chi connectivity index (χ3v) is 3.01. The fourth-order valence-electron chi connectivity index (χ4n) is 1.24. The van der Waals surface area contributed by atoms with E-state index in [4.69, 9.17) is 24.1 Å². The van der Waals surface area contributed by atoms with E-state index in [9.17, 15) is 4.79 Å². The third kappa shape index (κ3) is 17.6. The fraction of sp³-hybridized carbons (Fsp3) is 0.923. The zero-order valence-corrected chi connectivity index (χ0v) is 14.0. The summed E-state index contributed by atoms with van der Waals surface area (Å²) < 4.78 is 23.5. The van der Waals surface area contributed by atoms with E-state index >= 15 is 0 Å². The van der Waals surface area contributed by atoms with E-state index in [1.54, 1.807) is 7.11 Å². The normalized spacial score (nSPS) is 10.8. The molecule has 0 unspecified atom stereocenters. The van der Waals surface area contributed by atoms with Crippen LogP contribution in [0.1, 0.15) is 0 Å². The molecule has 9 heteroatoms. The summed E-state index contributed by atoms with van der Waals surface area (Å²) in [7, 11) is 1.63. The van der Waals surface area contributed by atoms with Gasteiger partial charge < -0.3 is 29.4 Å². The van der Waals surface area contributed by atoms with Gasteiger partial charge in [0.25, 0.3) is 0 Å². The Hall–Kier alpha value is -0.420. The molecule has 0 radical (unpaired) electrons. The van der Waals surface area contributed by atoms with Crippen LogP contribution in [0.5, 0.6) is 0 Å². The smallest absolute Gasteiger partial charge is 0.234 e. The van der Waals surface area contributed by atoms with Crippen LogP contribution in [0.3, 0.4) is 0 Å². The molecule has 0 aliphatic carbocycles. The molecular weight excluding hydrogens is 312 g/mol. The largest absolute Gasteiger partial charge is 0.395 e. The Bertz CT molecular complexity index is 249. The van der Waals surface area contributed by atoms with Crippen LogP contribution in [-0.4, -0.2) is 89.8 Å². The van der Waals surface area contributed by atoms with Gasteiger partial charge in [0.1, 0.15) is 0 Å². The fourth-order valence-corrected chi connectivity index (χ4v) is 1.71. The molecule has 0 rings (SSSR count). The van der Waals surface area contributed by atoms with E-state index in [0.717, 1.165) is 0 Å². The molecule has 0 aromatic carbocycles. The van der Waals surface area contributed by atoms with Crippen LogP contribution in [0.2, 0.25) is 0 Å². The number of ether oxygens (including phenoxy) is 4.